The molecule has 0 spiro atoms. The Hall–Kier alpha value is -1.55. The molecule has 1 heterocycles. The van der Waals surface area contributed by atoms with Gasteiger partial charge in [0.15, 0.2) is 5.60 Å². The van der Waals surface area contributed by atoms with Crippen LogP contribution in [0.15, 0.2) is 18.2 Å². The molecule has 0 fully saturated rings. The van der Waals surface area contributed by atoms with Crippen LogP contribution in [-0.2, 0) is 11.2 Å². The molecule has 0 atom stereocenters. The number of amides is 1. The first-order valence-electron chi connectivity index (χ1n) is 5.81. The molecule has 0 radical (unpaired) electrons. The molecule has 0 bridgehead atoms. The maximum absolute atomic E-state index is 11.7. The van der Waals surface area contributed by atoms with E-state index < -0.39 is 5.60 Å². The van der Waals surface area contributed by atoms with Gasteiger partial charge in [-0.3, -0.25) is 4.79 Å². The summed E-state index contributed by atoms with van der Waals surface area (Å²) in [6.45, 7) is 4.46. The highest BCUT2D eigenvalue weighted by Crippen LogP contribution is 2.34. The molecule has 0 aromatic heterocycles. The number of hydrogen-bond acceptors (Lipinski definition) is 3. The fourth-order valence-corrected chi connectivity index (χ4v) is 1.77. The van der Waals surface area contributed by atoms with Crippen LogP contribution in [-0.4, -0.2) is 25.1 Å². The van der Waals surface area contributed by atoms with E-state index in [-0.39, 0.29) is 5.91 Å². The first-order chi connectivity index (χ1) is 8.03. The zero-order valence-corrected chi connectivity index (χ0v) is 10.5. The van der Waals surface area contributed by atoms with Crippen molar-refractivity contribution in [3.63, 3.8) is 0 Å². The fourth-order valence-electron chi connectivity index (χ4n) is 1.77. The molecule has 1 aliphatic heterocycles. The predicted octanol–water partition coefficient (Wildman–Crippen LogP) is 1.56. The van der Waals surface area contributed by atoms with Crippen LogP contribution >= 0.6 is 0 Å². The van der Waals surface area contributed by atoms with Crippen LogP contribution in [0.2, 0.25) is 0 Å². The highest BCUT2D eigenvalue weighted by molar-refractivity contribution is 6.00. The van der Waals surface area contributed by atoms with Crippen molar-refractivity contribution >= 4 is 11.6 Å². The lowest BCUT2D eigenvalue weighted by Crippen LogP contribution is -2.45. The molecule has 92 valence electrons. The van der Waals surface area contributed by atoms with Gasteiger partial charge in [0.2, 0.25) is 0 Å². The molecular formula is C13H18N2O2. The number of nitrogens with one attached hydrogen (secondary N) is 2. The smallest absolute Gasteiger partial charge is 0.268 e. The van der Waals surface area contributed by atoms with Crippen molar-refractivity contribution in [2.75, 3.05) is 18.9 Å². The van der Waals surface area contributed by atoms with Gasteiger partial charge < -0.3 is 15.4 Å². The van der Waals surface area contributed by atoms with Crippen molar-refractivity contribution in [3.8, 4) is 5.75 Å². The number of hydrogen-bond donors (Lipinski definition) is 2. The van der Waals surface area contributed by atoms with E-state index in [1.165, 1.54) is 5.56 Å². The standard InChI is InChI=1S/C13H18N2O2/c1-13(2)12(16)15-10-5-4-9(6-7-14-3)8-11(10)17-13/h4-5,8,14H,6-7H2,1-3H3,(H,15,16). The van der Waals surface area contributed by atoms with Crippen molar-refractivity contribution in [3.05, 3.63) is 23.8 Å². The lowest BCUT2D eigenvalue weighted by molar-refractivity contribution is -0.129. The highest BCUT2D eigenvalue weighted by atomic mass is 16.5. The summed E-state index contributed by atoms with van der Waals surface area (Å²) in [5.74, 6) is 0.649. The van der Waals surface area contributed by atoms with Gasteiger partial charge in [0.05, 0.1) is 5.69 Å². The van der Waals surface area contributed by atoms with Crippen LogP contribution in [0.25, 0.3) is 0 Å². The summed E-state index contributed by atoms with van der Waals surface area (Å²) in [5.41, 5.74) is 1.15. The van der Waals surface area contributed by atoms with Crippen molar-refractivity contribution in [2.45, 2.75) is 25.9 Å². The molecule has 17 heavy (non-hydrogen) atoms. The molecule has 0 saturated heterocycles. The summed E-state index contributed by atoms with van der Waals surface area (Å²) in [6.07, 6.45) is 0.946. The number of benzene rings is 1. The van der Waals surface area contributed by atoms with Gasteiger partial charge in [-0.25, -0.2) is 0 Å². The number of rotatable bonds is 3. The van der Waals surface area contributed by atoms with E-state index >= 15 is 0 Å². The van der Waals surface area contributed by atoms with E-state index in [4.69, 9.17) is 4.74 Å². The molecule has 1 aromatic carbocycles. The minimum atomic E-state index is -0.797. The Kier molecular flexibility index (Phi) is 3.07. The van der Waals surface area contributed by atoms with Gasteiger partial charge >= 0.3 is 0 Å². The van der Waals surface area contributed by atoms with Crippen LogP contribution in [0.1, 0.15) is 19.4 Å². The van der Waals surface area contributed by atoms with E-state index in [1.807, 2.05) is 25.2 Å². The third-order valence-corrected chi connectivity index (χ3v) is 2.87. The Morgan fingerprint density at radius 3 is 2.88 bits per heavy atom. The number of fused-ring (bicyclic) bond motifs is 1. The van der Waals surface area contributed by atoms with Gasteiger partial charge in [0, 0.05) is 0 Å². The molecule has 4 heteroatoms. The largest absolute Gasteiger partial charge is 0.476 e. The molecule has 2 rings (SSSR count). The summed E-state index contributed by atoms with van der Waals surface area (Å²) in [4.78, 5) is 11.7. The maximum atomic E-state index is 11.7. The molecule has 1 aromatic rings. The monoisotopic (exact) mass is 234 g/mol. The number of carbonyl (C=O) groups is 1. The van der Waals surface area contributed by atoms with E-state index in [0.717, 1.165) is 24.4 Å². The van der Waals surface area contributed by atoms with Crippen LogP contribution < -0.4 is 15.4 Å². The van der Waals surface area contributed by atoms with Crippen molar-refractivity contribution in [2.24, 2.45) is 0 Å². The third-order valence-electron chi connectivity index (χ3n) is 2.87. The molecule has 1 amide bonds. The second-order valence-electron chi connectivity index (χ2n) is 4.75. The molecule has 0 saturated carbocycles. The summed E-state index contributed by atoms with van der Waals surface area (Å²) >= 11 is 0. The normalized spacial score (nSPS) is 17.0. The Morgan fingerprint density at radius 1 is 1.41 bits per heavy atom. The first kappa shape index (κ1) is 11.9. The number of anilines is 1. The topological polar surface area (TPSA) is 50.4 Å². The van der Waals surface area contributed by atoms with Gasteiger partial charge in [-0.05, 0) is 51.6 Å². The van der Waals surface area contributed by atoms with Gasteiger partial charge in [0.25, 0.3) is 5.91 Å². The Labute approximate surface area is 101 Å². The Morgan fingerprint density at radius 2 is 2.18 bits per heavy atom. The van der Waals surface area contributed by atoms with Gasteiger partial charge in [-0.2, -0.15) is 0 Å². The average Bonchev–Trinajstić information content (AvgIpc) is 2.27. The second-order valence-corrected chi connectivity index (χ2v) is 4.75. The highest BCUT2D eigenvalue weighted by Gasteiger charge is 2.35. The lowest BCUT2D eigenvalue weighted by Gasteiger charge is -2.31. The Bertz CT molecular complexity index is 441. The van der Waals surface area contributed by atoms with Crippen LogP contribution in [0.4, 0.5) is 5.69 Å². The fraction of sp³-hybridized carbons (Fsp3) is 0.462. The summed E-state index contributed by atoms with van der Waals surface area (Å²) in [5, 5.41) is 5.96. The average molecular weight is 234 g/mol. The predicted molar refractivity (Wildman–Crippen MR) is 67.4 cm³/mol. The first-order valence-corrected chi connectivity index (χ1v) is 5.81. The molecule has 4 nitrogen and oxygen atoms in total. The maximum Gasteiger partial charge on any atom is 0.268 e. The van der Waals surface area contributed by atoms with E-state index in [2.05, 4.69) is 10.6 Å². The van der Waals surface area contributed by atoms with E-state index in [1.54, 1.807) is 13.8 Å². The number of likely N-dealkylation sites (N-methyl/N-ethyl adjacent to an activating group) is 1. The van der Waals surface area contributed by atoms with Crippen LogP contribution in [0.3, 0.4) is 0 Å². The zero-order valence-electron chi connectivity index (χ0n) is 10.5. The molecule has 0 aliphatic carbocycles. The lowest BCUT2D eigenvalue weighted by atomic mass is 10.0. The van der Waals surface area contributed by atoms with E-state index in [9.17, 15) is 4.79 Å². The van der Waals surface area contributed by atoms with Gasteiger partial charge in [-0.1, -0.05) is 6.07 Å². The van der Waals surface area contributed by atoms with Crippen LogP contribution in [0.5, 0.6) is 5.75 Å². The van der Waals surface area contributed by atoms with E-state index in [0.29, 0.717) is 0 Å². The summed E-state index contributed by atoms with van der Waals surface area (Å²) < 4.78 is 5.72. The molecule has 2 N–H and O–H groups in total. The number of ether oxygens (including phenoxy) is 1. The molecule has 0 unspecified atom stereocenters. The molecule has 1 aliphatic rings. The minimum absolute atomic E-state index is 0.104. The van der Waals surface area contributed by atoms with Gasteiger partial charge in [0.1, 0.15) is 5.75 Å². The number of carbonyl (C=O) groups excluding carboxylic acids is 1. The third kappa shape index (κ3) is 2.42. The van der Waals surface area contributed by atoms with Crippen molar-refractivity contribution < 1.29 is 9.53 Å². The summed E-state index contributed by atoms with van der Waals surface area (Å²) in [6, 6.07) is 5.90. The Balaban J connectivity index is 2.24. The van der Waals surface area contributed by atoms with Crippen molar-refractivity contribution in [1.82, 2.24) is 5.32 Å². The molecular weight excluding hydrogens is 216 g/mol. The van der Waals surface area contributed by atoms with Crippen LogP contribution in [0, 0.1) is 0 Å². The van der Waals surface area contributed by atoms with Gasteiger partial charge in [-0.15, -0.1) is 0 Å². The zero-order chi connectivity index (χ0) is 12.5. The quantitative estimate of drug-likeness (QED) is 0.834. The van der Waals surface area contributed by atoms with Crippen molar-refractivity contribution in [1.29, 1.82) is 0 Å². The minimum Gasteiger partial charge on any atom is -0.476 e. The second kappa shape index (κ2) is 4.37. The SMILES string of the molecule is CNCCc1ccc2c(c1)OC(C)(C)C(=O)N2. The summed E-state index contributed by atoms with van der Waals surface area (Å²) in [7, 11) is 1.93.